The monoisotopic (exact) mass is 251 g/mol. The quantitative estimate of drug-likeness (QED) is 0.542. The van der Waals surface area contributed by atoms with Gasteiger partial charge in [0.1, 0.15) is 0 Å². The molecule has 0 aromatic rings. The molecular weight excluding hydrogens is 239 g/mol. The van der Waals surface area contributed by atoms with E-state index in [0.717, 1.165) is 0 Å². The minimum Gasteiger partial charge on any atom is -0.792 e. The summed E-state index contributed by atoms with van der Waals surface area (Å²) in [6.07, 6.45) is 0. The summed E-state index contributed by atoms with van der Waals surface area (Å²) >= 11 is 4.74. The van der Waals surface area contributed by atoms with E-state index in [-0.39, 0.29) is 44.6 Å². The Bertz CT molecular complexity index is 113. The molecule has 1 atom stereocenters. The van der Waals surface area contributed by atoms with Crippen LogP contribution in [0.15, 0.2) is 0 Å². The second-order valence-electron chi connectivity index (χ2n) is 1.94. The predicted octanol–water partition coefficient (Wildman–Crippen LogP) is -0.461. The van der Waals surface area contributed by atoms with E-state index in [1.54, 1.807) is 7.05 Å². The number of carbonyl (C=O) groups excluding carboxylic acids is 1. The van der Waals surface area contributed by atoms with Crippen molar-refractivity contribution in [3.05, 3.63) is 0 Å². The minimum atomic E-state index is -0.232. The van der Waals surface area contributed by atoms with Gasteiger partial charge in [0.15, 0.2) is 0 Å². The molecule has 0 aliphatic rings. The Labute approximate surface area is 97.9 Å². The van der Waals surface area contributed by atoms with Crippen molar-refractivity contribution < 1.29 is 42.2 Å². The van der Waals surface area contributed by atoms with Gasteiger partial charge in [0, 0.05) is 45.2 Å². The van der Waals surface area contributed by atoms with Crippen LogP contribution in [0.1, 0.15) is 0 Å². The van der Waals surface area contributed by atoms with E-state index in [4.69, 9.17) is 12.6 Å². The van der Waals surface area contributed by atoms with Gasteiger partial charge < -0.3 is 22.7 Å². The largest absolute Gasteiger partial charge is 0.792 e. The summed E-state index contributed by atoms with van der Waals surface area (Å²) in [6, 6.07) is 0. The molecule has 1 unspecified atom stereocenters. The molecule has 0 saturated heterocycles. The van der Waals surface area contributed by atoms with Crippen molar-refractivity contribution in [1.82, 2.24) is 5.32 Å². The van der Waals surface area contributed by atoms with Gasteiger partial charge in [-0.3, -0.25) is 4.79 Å². The van der Waals surface area contributed by atoms with Crippen LogP contribution in [0.4, 0.5) is 0 Å². The van der Waals surface area contributed by atoms with Crippen LogP contribution in [-0.2, 0) is 54.9 Å². The summed E-state index contributed by atoms with van der Waals surface area (Å²) in [5.74, 6) is 0.00222. The molecule has 5 heteroatoms. The molecule has 1 radical (unpaired) electrons. The molecule has 0 aromatic heterocycles. The SMILES string of the molecule is CNCC(C[S-])C(=O)OC.[Y]. The van der Waals surface area contributed by atoms with Crippen LogP contribution < -0.4 is 5.32 Å². The van der Waals surface area contributed by atoms with Gasteiger partial charge in [-0.2, -0.15) is 5.75 Å². The van der Waals surface area contributed by atoms with E-state index in [1.807, 2.05) is 0 Å². The number of esters is 1. The average molecular weight is 251 g/mol. The molecule has 63 valence electrons. The number of carbonyl (C=O) groups is 1. The zero-order chi connectivity index (χ0) is 7.98. The van der Waals surface area contributed by atoms with Crippen LogP contribution in [0.3, 0.4) is 0 Å². The first kappa shape index (κ1) is 14.4. The Balaban J connectivity index is 0. The first-order chi connectivity index (χ1) is 4.76. The van der Waals surface area contributed by atoms with Crippen LogP contribution in [0.5, 0.6) is 0 Å². The second-order valence-corrected chi connectivity index (χ2v) is 2.28. The van der Waals surface area contributed by atoms with Gasteiger partial charge in [-0.1, -0.05) is 0 Å². The maximum Gasteiger partial charge on any atom is 0.307 e. The fourth-order valence-corrected chi connectivity index (χ4v) is 0.877. The predicted molar refractivity (Wildman–Crippen MR) is 41.7 cm³/mol. The maximum atomic E-state index is 10.8. The van der Waals surface area contributed by atoms with Crippen molar-refractivity contribution in [3.8, 4) is 0 Å². The van der Waals surface area contributed by atoms with Gasteiger partial charge in [0.05, 0.1) is 7.11 Å². The Hall–Kier alpha value is 0.884. The Morgan fingerprint density at radius 2 is 2.27 bits per heavy atom. The van der Waals surface area contributed by atoms with Gasteiger partial charge in [-0.25, -0.2) is 0 Å². The normalized spacial score (nSPS) is 11.5. The molecule has 0 rings (SSSR count). The number of methoxy groups -OCH3 is 1. The van der Waals surface area contributed by atoms with Crippen LogP contribution in [0.2, 0.25) is 0 Å². The zero-order valence-corrected chi connectivity index (χ0v) is 10.4. The van der Waals surface area contributed by atoms with Crippen molar-refractivity contribution in [2.75, 3.05) is 26.5 Å². The summed E-state index contributed by atoms with van der Waals surface area (Å²) in [5.41, 5.74) is 0. The number of ether oxygens (including phenoxy) is 1. The fourth-order valence-electron chi connectivity index (χ4n) is 0.623. The summed E-state index contributed by atoms with van der Waals surface area (Å²) in [6.45, 7) is 0.593. The number of rotatable bonds is 4. The molecule has 3 nitrogen and oxygen atoms in total. The summed E-state index contributed by atoms with van der Waals surface area (Å²) in [7, 11) is 3.15. The summed E-state index contributed by atoms with van der Waals surface area (Å²) in [5, 5.41) is 2.87. The van der Waals surface area contributed by atoms with E-state index < -0.39 is 0 Å². The minimum absolute atomic E-state index is 0. The first-order valence-electron chi connectivity index (χ1n) is 3.06. The van der Waals surface area contributed by atoms with Crippen LogP contribution in [0, 0.1) is 5.92 Å². The molecule has 0 fully saturated rings. The molecule has 0 spiro atoms. The molecular formula is C6H12NO2SY-. The average Bonchev–Trinajstić information content (AvgIpc) is 1.99. The van der Waals surface area contributed by atoms with Crippen LogP contribution >= 0.6 is 0 Å². The van der Waals surface area contributed by atoms with Gasteiger partial charge in [-0.15, -0.1) is 0 Å². The van der Waals surface area contributed by atoms with E-state index in [1.165, 1.54) is 7.11 Å². The molecule has 11 heavy (non-hydrogen) atoms. The molecule has 0 saturated carbocycles. The van der Waals surface area contributed by atoms with E-state index in [0.29, 0.717) is 12.3 Å². The van der Waals surface area contributed by atoms with Gasteiger partial charge in [0.2, 0.25) is 0 Å². The summed E-state index contributed by atoms with van der Waals surface area (Å²) in [4.78, 5) is 10.8. The van der Waals surface area contributed by atoms with Crippen molar-refractivity contribution in [2.24, 2.45) is 5.92 Å². The summed E-state index contributed by atoms with van der Waals surface area (Å²) < 4.78 is 4.51. The van der Waals surface area contributed by atoms with Crippen LogP contribution in [-0.4, -0.2) is 32.4 Å². The van der Waals surface area contributed by atoms with E-state index >= 15 is 0 Å². The third-order valence-corrected chi connectivity index (χ3v) is 1.59. The van der Waals surface area contributed by atoms with Crippen molar-refractivity contribution in [1.29, 1.82) is 0 Å². The fraction of sp³-hybridized carbons (Fsp3) is 0.833. The first-order valence-corrected chi connectivity index (χ1v) is 3.64. The van der Waals surface area contributed by atoms with Crippen molar-refractivity contribution in [3.63, 3.8) is 0 Å². The third-order valence-electron chi connectivity index (χ3n) is 1.19. The smallest absolute Gasteiger partial charge is 0.307 e. The molecule has 0 bridgehead atoms. The number of nitrogens with one attached hydrogen (secondary N) is 1. The Morgan fingerprint density at radius 1 is 1.73 bits per heavy atom. The van der Waals surface area contributed by atoms with Crippen molar-refractivity contribution >= 4 is 18.6 Å². The second kappa shape index (κ2) is 8.98. The maximum absolute atomic E-state index is 10.8. The van der Waals surface area contributed by atoms with Crippen LogP contribution in [0.25, 0.3) is 0 Å². The topological polar surface area (TPSA) is 38.3 Å². The molecule has 0 aliphatic carbocycles. The van der Waals surface area contributed by atoms with Gasteiger partial charge in [0.25, 0.3) is 0 Å². The molecule has 0 aromatic carbocycles. The van der Waals surface area contributed by atoms with Gasteiger partial charge in [-0.05, 0) is 7.05 Å². The molecule has 0 heterocycles. The van der Waals surface area contributed by atoms with E-state index in [9.17, 15) is 4.79 Å². The molecule has 1 N–H and O–H groups in total. The molecule has 0 aliphatic heterocycles. The Kier molecular flexibility index (Phi) is 11.8. The zero-order valence-electron chi connectivity index (χ0n) is 6.79. The number of hydrogen-bond donors (Lipinski definition) is 1. The van der Waals surface area contributed by atoms with Gasteiger partial charge >= 0.3 is 5.97 Å². The third kappa shape index (κ3) is 6.08. The Morgan fingerprint density at radius 3 is 2.55 bits per heavy atom. The van der Waals surface area contributed by atoms with E-state index in [2.05, 4.69) is 10.1 Å². The van der Waals surface area contributed by atoms with Crippen molar-refractivity contribution in [2.45, 2.75) is 0 Å². The molecule has 0 amide bonds. The number of hydrogen-bond acceptors (Lipinski definition) is 4. The standard InChI is InChI=1S/C6H13NO2S.Y/c1-7-3-5(4-10)6(8)9-2;/h5,7,10H,3-4H2,1-2H3;/p-1.